The van der Waals surface area contributed by atoms with Crippen LogP contribution in [0.25, 0.3) is 0 Å². The van der Waals surface area contributed by atoms with Gasteiger partial charge in [0.25, 0.3) is 11.1 Å². The summed E-state index contributed by atoms with van der Waals surface area (Å²) in [4.78, 5) is 12.0. The van der Waals surface area contributed by atoms with E-state index in [0.29, 0.717) is 17.7 Å². The Hall–Kier alpha value is -2.80. The van der Waals surface area contributed by atoms with Crippen molar-refractivity contribution in [3.8, 4) is 5.75 Å². The fourth-order valence-electron chi connectivity index (χ4n) is 2.54. The Morgan fingerprint density at radius 2 is 1.93 bits per heavy atom. The molecular weight excluding hydrogens is 374 g/mol. The summed E-state index contributed by atoms with van der Waals surface area (Å²) >= 11 is 1.21. The van der Waals surface area contributed by atoms with E-state index < -0.39 is 0 Å². The van der Waals surface area contributed by atoms with Gasteiger partial charge in [0.15, 0.2) is 6.61 Å². The first-order valence-electron chi connectivity index (χ1n) is 8.97. The molecule has 1 aromatic heterocycles. The topological polar surface area (TPSA) is 77.2 Å². The smallest absolute Gasteiger partial charge is 0.277 e. The Balaban J connectivity index is 1.44. The molecule has 0 unspecified atom stereocenters. The van der Waals surface area contributed by atoms with Crippen LogP contribution in [-0.2, 0) is 17.9 Å². The minimum atomic E-state index is -0.0837. The fourth-order valence-corrected chi connectivity index (χ4v) is 3.15. The van der Waals surface area contributed by atoms with Gasteiger partial charge >= 0.3 is 0 Å². The minimum absolute atomic E-state index is 0.0837. The number of hydrogen-bond acceptors (Lipinski definition) is 6. The number of carbonyl (C=O) groups is 1. The second-order valence-corrected chi connectivity index (χ2v) is 7.44. The molecule has 7 heteroatoms. The van der Waals surface area contributed by atoms with Crippen molar-refractivity contribution in [2.75, 3.05) is 5.75 Å². The van der Waals surface area contributed by atoms with Crippen molar-refractivity contribution in [1.29, 1.82) is 0 Å². The summed E-state index contributed by atoms with van der Waals surface area (Å²) in [5, 5.41) is 11.2. The predicted molar refractivity (Wildman–Crippen MR) is 108 cm³/mol. The molecule has 146 valence electrons. The van der Waals surface area contributed by atoms with E-state index in [1.807, 2.05) is 63.2 Å². The van der Waals surface area contributed by atoms with Crippen LogP contribution in [0.2, 0.25) is 0 Å². The number of rotatable bonds is 8. The Bertz CT molecular complexity index is 956. The Morgan fingerprint density at radius 1 is 1.11 bits per heavy atom. The van der Waals surface area contributed by atoms with Crippen LogP contribution in [-0.4, -0.2) is 21.9 Å². The highest BCUT2D eigenvalue weighted by atomic mass is 32.2. The summed E-state index contributed by atoms with van der Waals surface area (Å²) < 4.78 is 11.3. The lowest BCUT2D eigenvalue weighted by molar-refractivity contribution is -0.118. The van der Waals surface area contributed by atoms with E-state index in [-0.39, 0.29) is 18.3 Å². The van der Waals surface area contributed by atoms with Gasteiger partial charge in [-0.15, -0.1) is 10.2 Å². The number of carbonyl (C=O) groups excluding carboxylic acids is 1. The molecule has 1 heterocycles. The third-order valence-corrected chi connectivity index (χ3v) is 5.03. The van der Waals surface area contributed by atoms with E-state index in [4.69, 9.17) is 9.15 Å². The van der Waals surface area contributed by atoms with E-state index >= 15 is 0 Å². The number of aryl methyl sites for hydroxylation is 3. The van der Waals surface area contributed by atoms with Crippen molar-refractivity contribution in [3.05, 3.63) is 70.6 Å². The number of benzene rings is 2. The molecule has 0 spiro atoms. The molecule has 3 rings (SSSR count). The van der Waals surface area contributed by atoms with Gasteiger partial charge in [-0.25, -0.2) is 0 Å². The molecule has 0 saturated carbocycles. The van der Waals surface area contributed by atoms with Crippen LogP contribution in [0.15, 0.2) is 52.1 Å². The van der Waals surface area contributed by atoms with Crippen molar-refractivity contribution in [1.82, 2.24) is 15.5 Å². The SMILES string of the molecule is Cc1ccc(C)c(OCc2nnc(SCC(=O)NCc3ccccc3C)o2)c1. The number of amides is 1. The van der Waals surface area contributed by atoms with Crippen molar-refractivity contribution in [2.45, 2.75) is 39.1 Å². The fraction of sp³-hybridized carbons (Fsp3) is 0.286. The van der Waals surface area contributed by atoms with E-state index in [2.05, 4.69) is 15.5 Å². The van der Waals surface area contributed by atoms with Crippen molar-refractivity contribution in [3.63, 3.8) is 0 Å². The molecule has 1 amide bonds. The first kappa shape index (κ1) is 19.9. The van der Waals surface area contributed by atoms with Crippen LogP contribution in [0.4, 0.5) is 0 Å². The zero-order valence-corrected chi connectivity index (χ0v) is 17.0. The van der Waals surface area contributed by atoms with E-state index in [1.165, 1.54) is 11.8 Å². The average molecular weight is 398 g/mol. The zero-order chi connectivity index (χ0) is 19.9. The Kier molecular flexibility index (Phi) is 6.71. The number of hydrogen-bond donors (Lipinski definition) is 1. The summed E-state index contributed by atoms with van der Waals surface area (Å²) in [5.74, 6) is 1.30. The quantitative estimate of drug-likeness (QED) is 0.579. The van der Waals surface area contributed by atoms with Crippen LogP contribution < -0.4 is 10.1 Å². The molecule has 28 heavy (non-hydrogen) atoms. The molecule has 0 aliphatic heterocycles. The van der Waals surface area contributed by atoms with Crippen molar-refractivity contribution < 1.29 is 13.9 Å². The highest BCUT2D eigenvalue weighted by Gasteiger charge is 2.11. The highest BCUT2D eigenvalue weighted by Crippen LogP contribution is 2.21. The van der Waals surface area contributed by atoms with Crippen LogP contribution in [0, 0.1) is 20.8 Å². The molecule has 0 aliphatic rings. The number of nitrogens with zero attached hydrogens (tertiary/aromatic N) is 2. The lowest BCUT2D eigenvalue weighted by atomic mass is 10.1. The molecule has 0 atom stereocenters. The summed E-state index contributed by atoms with van der Waals surface area (Å²) in [6, 6.07) is 14.0. The number of aromatic nitrogens is 2. The maximum atomic E-state index is 12.0. The molecule has 0 bridgehead atoms. The molecule has 0 fully saturated rings. The number of nitrogens with one attached hydrogen (secondary N) is 1. The molecule has 0 saturated heterocycles. The lowest BCUT2D eigenvalue weighted by Crippen LogP contribution is -2.24. The first-order valence-corrected chi connectivity index (χ1v) is 9.96. The van der Waals surface area contributed by atoms with Gasteiger partial charge in [-0.2, -0.15) is 0 Å². The molecule has 1 N–H and O–H groups in total. The van der Waals surface area contributed by atoms with Gasteiger partial charge in [0.1, 0.15) is 5.75 Å². The zero-order valence-electron chi connectivity index (χ0n) is 16.2. The number of thioether (sulfide) groups is 1. The molecule has 0 radical (unpaired) electrons. The van der Waals surface area contributed by atoms with Crippen molar-refractivity contribution >= 4 is 17.7 Å². The maximum absolute atomic E-state index is 12.0. The van der Waals surface area contributed by atoms with E-state index in [9.17, 15) is 4.79 Å². The van der Waals surface area contributed by atoms with Gasteiger partial charge in [0, 0.05) is 6.54 Å². The molecule has 0 aliphatic carbocycles. The highest BCUT2D eigenvalue weighted by molar-refractivity contribution is 7.99. The summed E-state index contributed by atoms with van der Waals surface area (Å²) in [6.07, 6.45) is 0. The third kappa shape index (κ3) is 5.60. The lowest BCUT2D eigenvalue weighted by Gasteiger charge is -2.07. The second kappa shape index (κ2) is 9.41. The van der Waals surface area contributed by atoms with E-state index in [0.717, 1.165) is 28.0 Å². The van der Waals surface area contributed by atoms with Crippen molar-refractivity contribution in [2.24, 2.45) is 0 Å². The Morgan fingerprint density at radius 3 is 2.75 bits per heavy atom. The average Bonchev–Trinajstić information content (AvgIpc) is 3.14. The van der Waals surface area contributed by atoms with Gasteiger partial charge < -0.3 is 14.5 Å². The molecule has 3 aromatic rings. The summed E-state index contributed by atoms with van der Waals surface area (Å²) in [6.45, 7) is 6.72. The van der Waals surface area contributed by atoms with Crippen LogP contribution in [0.5, 0.6) is 5.75 Å². The van der Waals surface area contributed by atoms with Crippen LogP contribution in [0.1, 0.15) is 28.1 Å². The van der Waals surface area contributed by atoms with Crippen LogP contribution in [0.3, 0.4) is 0 Å². The summed E-state index contributed by atoms with van der Waals surface area (Å²) in [5.41, 5.74) is 4.43. The maximum Gasteiger partial charge on any atom is 0.277 e. The van der Waals surface area contributed by atoms with Gasteiger partial charge in [-0.05, 0) is 49.1 Å². The van der Waals surface area contributed by atoms with E-state index in [1.54, 1.807) is 0 Å². The first-order chi connectivity index (χ1) is 13.5. The van der Waals surface area contributed by atoms with Gasteiger partial charge in [0.2, 0.25) is 5.91 Å². The standard InChI is InChI=1S/C21H23N3O3S/c1-14-8-9-16(3)18(10-14)26-12-20-23-24-21(27-20)28-13-19(25)22-11-17-7-5-4-6-15(17)2/h4-10H,11-13H2,1-3H3,(H,22,25). The normalized spacial score (nSPS) is 10.7. The predicted octanol–water partition coefficient (Wildman–Crippen LogP) is 3.98. The molecular formula is C21H23N3O3S. The Labute approximate surface area is 168 Å². The largest absolute Gasteiger partial charge is 0.484 e. The number of ether oxygens (including phenoxy) is 1. The van der Waals surface area contributed by atoms with Gasteiger partial charge in [-0.1, -0.05) is 48.2 Å². The third-order valence-electron chi connectivity index (χ3n) is 4.21. The molecule has 2 aromatic carbocycles. The summed E-state index contributed by atoms with van der Waals surface area (Å²) in [7, 11) is 0. The minimum Gasteiger partial charge on any atom is -0.484 e. The van der Waals surface area contributed by atoms with Crippen LogP contribution >= 0.6 is 11.8 Å². The monoisotopic (exact) mass is 397 g/mol. The molecule has 6 nitrogen and oxygen atoms in total. The second-order valence-electron chi connectivity index (χ2n) is 6.51. The van der Waals surface area contributed by atoms with Gasteiger partial charge in [-0.3, -0.25) is 4.79 Å². The van der Waals surface area contributed by atoms with Gasteiger partial charge in [0.05, 0.1) is 5.75 Å².